The van der Waals surface area contributed by atoms with Crippen LogP contribution in [-0.4, -0.2) is 13.1 Å². The largest absolute Gasteiger partial charge is 0.316 e. The maximum atomic E-state index is 4.16. The molecule has 0 heterocycles. The summed E-state index contributed by atoms with van der Waals surface area (Å²) in [7, 11) is 2.12. The minimum absolute atomic E-state index is 0.672. The third-order valence-electron chi connectivity index (χ3n) is 4.10. The number of nitrogens with one attached hydrogen (secondary N) is 1. The first-order valence-electron chi connectivity index (χ1n) is 7.11. The highest BCUT2D eigenvalue weighted by Gasteiger charge is 2.20. The standard InChI is InChI=1S/C15H29N/c1-4-13(2)12-15(16-3)14-10-8-6-5-7-9-11-14/h14-16H,2,4-12H2,1,3H3. The molecule has 1 fully saturated rings. The van der Waals surface area contributed by atoms with E-state index in [4.69, 9.17) is 0 Å². The van der Waals surface area contributed by atoms with E-state index in [-0.39, 0.29) is 0 Å². The second-order valence-electron chi connectivity index (χ2n) is 5.31. The monoisotopic (exact) mass is 223 g/mol. The molecule has 1 heteroatoms. The zero-order valence-corrected chi connectivity index (χ0v) is 11.2. The topological polar surface area (TPSA) is 12.0 Å². The van der Waals surface area contributed by atoms with Gasteiger partial charge in [0.25, 0.3) is 0 Å². The van der Waals surface area contributed by atoms with Crippen molar-refractivity contribution in [2.45, 2.75) is 70.8 Å². The van der Waals surface area contributed by atoms with Crippen LogP contribution in [0.1, 0.15) is 64.7 Å². The summed E-state index contributed by atoms with van der Waals surface area (Å²) in [5.74, 6) is 0.883. The maximum Gasteiger partial charge on any atom is 0.0129 e. The molecule has 0 saturated heterocycles. The molecular formula is C15H29N. The van der Waals surface area contributed by atoms with Crippen molar-refractivity contribution in [2.75, 3.05) is 7.05 Å². The molecule has 1 N–H and O–H groups in total. The van der Waals surface area contributed by atoms with E-state index in [1.165, 1.54) is 56.9 Å². The van der Waals surface area contributed by atoms with Gasteiger partial charge < -0.3 is 5.32 Å². The molecule has 0 aromatic rings. The lowest BCUT2D eigenvalue weighted by molar-refractivity contribution is 0.292. The Kier molecular flexibility index (Phi) is 6.79. The predicted octanol–water partition coefficient (Wildman–Crippen LogP) is 4.29. The summed E-state index contributed by atoms with van der Waals surface area (Å²) in [5.41, 5.74) is 1.40. The second-order valence-corrected chi connectivity index (χ2v) is 5.31. The highest BCUT2D eigenvalue weighted by Crippen LogP contribution is 2.27. The Morgan fingerprint density at radius 3 is 2.25 bits per heavy atom. The van der Waals surface area contributed by atoms with E-state index in [0.29, 0.717) is 6.04 Å². The van der Waals surface area contributed by atoms with Crippen LogP contribution in [0.2, 0.25) is 0 Å². The van der Waals surface area contributed by atoms with Gasteiger partial charge in [0.2, 0.25) is 0 Å². The molecule has 1 aliphatic carbocycles. The molecule has 1 saturated carbocycles. The van der Waals surface area contributed by atoms with E-state index in [1.807, 2.05) is 0 Å². The fraction of sp³-hybridized carbons (Fsp3) is 0.867. The van der Waals surface area contributed by atoms with Gasteiger partial charge in [-0.05, 0) is 38.6 Å². The normalized spacial score (nSPS) is 21.1. The fourth-order valence-electron chi connectivity index (χ4n) is 2.85. The Morgan fingerprint density at radius 1 is 1.19 bits per heavy atom. The lowest BCUT2D eigenvalue weighted by atomic mass is 9.83. The van der Waals surface area contributed by atoms with Crippen LogP contribution in [0.25, 0.3) is 0 Å². The van der Waals surface area contributed by atoms with Crippen molar-refractivity contribution >= 4 is 0 Å². The third-order valence-corrected chi connectivity index (χ3v) is 4.10. The molecule has 0 spiro atoms. The summed E-state index contributed by atoms with van der Waals surface area (Å²) in [6.45, 7) is 6.37. The lowest BCUT2D eigenvalue weighted by Crippen LogP contribution is -2.34. The van der Waals surface area contributed by atoms with Crippen LogP contribution in [0.4, 0.5) is 0 Å². The molecule has 1 atom stereocenters. The van der Waals surface area contributed by atoms with Gasteiger partial charge >= 0.3 is 0 Å². The minimum atomic E-state index is 0.672. The van der Waals surface area contributed by atoms with E-state index >= 15 is 0 Å². The van der Waals surface area contributed by atoms with Crippen molar-refractivity contribution in [3.8, 4) is 0 Å². The first kappa shape index (κ1) is 13.8. The van der Waals surface area contributed by atoms with Gasteiger partial charge in [-0.3, -0.25) is 0 Å². The smallest absolute Gasteiger partial charge is 0.0129 e. The molecule has 94 valence electrons. The molecule has 0 bridgehead atoms. The van der Waals surface area contributed by atoms with E-state index in [1.54, 1.807) is 0 Å². The Labute approximate surface area is 102 Å². The van der Waals surface area contributed by atoms with E-state index in [2.05, 4.69) is 25.9 Å². The summed E-state index contributed by atoms with van der Waals surface area (Å²) >= 11 is 0. The van der Waals surface area contributed by atoms with Gasteiger partial charge in [-0.1, -0.05) is 51.2 Å². The maximum absolute atomic E-state index is 4.16. The molecule has 0 aromatic carbocycles. The first-order valence-corrected chi connectivity index (χ1v) is 7.11. The van der Waals surface area contributed by atoms with Crippen LogP contribution >= 0.6 is 0 Å². The molecule has 0 aliphatic heterocycles. The van der Waals surface area contributed by atoms with Crippen LogP contribution in [-0.2, 0) is 0 Å². The molecule has 1 unspecified atom stereocenters. The van der Waals surface area contributed by atoms with Crippen molar-refractivity contribution in [1.29, 1.82) is 0 Å². The van der Waals surface area contributed by atoms with Crippen molar-refractivity contribution in [3.05, 3.63) is 12.2 Å². The molecule has 1 aliphatic rings. The average Bonchev–Trinajstić information content (AvgIpc) is 2.26. The molecule has 0 amide bonds. The van der Waals surface area contributed by atoms with Crippen molar-refractivity contribution in [1.82, 2.24) is 5.32 Å². The molecule has 0 aromatic heterocycles. The zero-order chi connectivity index (χ0) is 11.8. The molecule has 1 rings (SSSR count). The van der Waals surface area contributed by atoms with Crippen LogP contribution in [0.3, 0.4) is 0 Å². The van der Waals surface area contributed by atoms with Gasteiger partial charge in [0, 0.05) is 6.04 Å². The van der Waals surface area contributed by atoms with Gasteiger partial charge in [-0.15, -0.1) is 0 Å². The molecular weight excluding hydrogens is 194 g/mol. The minimum Gasteiger partial charge on any atom is -0.316 e. The van der Waals surface area contributed by atoms with Crippen LogP contribution in [0.15, 0.2) is 12.2 Å². The molecule has 1 nitrogen and oxygen atoms in total. The van der Waals surface area contributed by atoms with Crippen molar-refractivity contribution < 1.29 is 0 Å². The predicted molar refractivity (Wildman–Crippen MR) is 72.7 cm³/mol. The first-order chi connectivity index (χ1) is 7.77. The van der Waals surface area contributed by atoms with Crippen molar-refractivity contribution in [3.63, 3.8) is 0 Å². The zero-order valence-electron chi connectivity index (χ0n) is 11.2. The highest BCUT2D eigenvalue weighted by atomic mass is 14.9. The Balaban J connectivity index is 2.44. The molecule has 0 radical (unpaired) electrons. The van der Waals surface area contributed by atoms with E-state index < -0.39 is 0 Å². The van der Waals surface area contributed by atoms with E-state index in [9.17, 15) is 0 Å². The van der Waals surface area contributed by atoms with E-state index in [0.717, 1.165) is 12.3 Å². The average molecular weight is 223 g/mol. The lowest BCUT2D eigenvalue weighted by Gasteiger charge is -2.29. The van der Waals surface area contributed by atoms with Gasteiger partial charge in [-0.25, -0.2) is 0 Å². The Bertz CT molecular complexity index is 190. The third kappa shape index (κ3) is 4.69. The van der Waals surface area contributed by atoms with Gasteiger partial charge in [0.05, 0.1) is 0 Å². The number of hydrogen-bond acceptors (Lipinski definition) is 1. The van der Waals surface area contributed by atoms with Gasteiger partial charge in [0.15, 0.2) is 0 Å². The Morgan fingerprint density at radius 2 is 1.75 bits per heavy atom. The summed E-state index contributed by atoms with van der Waals surface area (Å²) < 4.78 is 0. The fourth-order valence-corrected chi connectivity index (χ4v) is 2.85. The van der Waals surface area contributed by atoms with Gasteiger partial charge in [0.1, 0.15) is 0 Å². The Hall–Kier alpha value is -0.300. The summed E-state index contributed by atoms with van der Waals surface area (Å²) in [6, 6.07) is 0.672. The molecule has 16 heavy (non-hydrogen) atoms. The number of hydrogen-bond donors (Lipinski definition) is 1. The second kappa shape index (κ2) is 7.89. The highest BCUT2D eigenvalue weighted by molar-refractivity contribution is 4.98. The van der Waals surface area contributed by atoms with Crippen LogP contribution in [0, 0.1) is 5.92 Å². The summed E-state index contributed by atoms with van der Waals surface area (Å²) in [4.78, 5) is 0. The van der Waals surface area contributed by atoms with Crippen molar-refractivity contribution in [2.24, 2.45) is 5.92 Å². The SMILES string of the molecule is C=C(CC)CC(NC)C1CCCCCCC1. The van der Waals surface area contributed by atoms with Crippen LogP contribution in [0.5, 0.6) is 0 Å². The van der Waals surface area contributed by atoms with Gasteiger partial charge in [-0.2, -0.15) is 0 Å². The number of rotatable bonds is 5. The van der Waals surface area contributed by atoms with Crippen LogP contribution < -0.4 is 5.32 Å². The summed E-state index contributed by atoms with van der Waals surface area (Å²) in [6.07, 6.45) is 12.4. The quantitative estimate of drug-likeness (QED) is 0.686. The summed E-state index contributed by atoms with van der Waals surface area (Å²) in [5, 5.41) is 3.52.